The first kappa shape index (κ1) is 25.6. The lowest BCUT2D eigenvalue weighted by Crippen LogP contribution is -2.48. The largest absolute Gasteiger partial charge is 0.354 e. The Hall–Kier alpha value is -1.69. The topological polar surface area (TPSA) is 49.4 Å². The van der Waals surface area contributed by atoms with E-state index in [1.54, 1.807) is 41.8 Å². The van der Waals surface area contributed by atoms with Crippen LogP contribution in [0, 0.1) is 12.8 Å². The molecule has 0 bridgehead atoms. The first-order chi connectivity index (χ1) is 14.7. The van der Waals surface area contributed by atoms with Gasteiger partial charge in [0.05, 0.1) is 0 Å². The van der Waals surface area contributed by atoms with Crippen LogP contribution in [0.15, 0.2) is 47.4 Å². The third kappa shape index (κ3) is 8.40. The number of carbonyl (C=O) groups is 2. The van der Waals surface area contributed by atoms with E-state index in [1.807, 2.05) is 20.8 Å². The second kappa shape index (κ2) is 12.4. The minimum Gasteiger partial charge on any atom is -0.354 e. The molecule has 0 aliphatic rings. The van der Waals surface area contributed by atoms with Gasteiger partial charge in [0.2, 0.25) is 11.8 Å². The molecule has 7 heteroatoms. The molecule has 2 aromatic carbocycles. The van der Waals surface area contributed by atoms with Crippen molar-refractivity contribution in [2.24, 2.45) is 5.92 Å². The summed E-state index contributed by atoms with van der Waals surface area (Å²) >= 11 is 14.0. The van der Waals surface area contributed by atoms with Gasteiger partial charge in [0.15, 0.2) is 0 Å². The lowest BCUT2D eigenvalue weighted by Gasteiger charge is -2.29. The highest BCUT2D eigenvalue weighted by Crippen LogP contribution is 2.24. The smallest absolute Gasteiger partial charge is 0.242 e. The zero-order valence-corrected chi connectivity index (χ0v) is 20.8. The molecule has 1 atom stereocenters. The number of halogens is 2. The van der Waals surface area contributed by atoms with Crippen LogP contribution in [-0.2, 0) is 16.1 Å². The van der Waals surface area contributed by atoms with E-state index < -0.39 is 6.04 Å². The molecule has 0 aromatic heterocycles. The van der Waals surface area contributed by atoms with Gasteiger partial charge in [-0.05, 0) is 49.6 Å². The van der Waals surface area contributed by atoms with Crippen LogP contribution >= 0.6 is 35.0 Å². The highest BCUT2D eigenvalue weighted by molar-refractivity contribution is 7.99. The fourth-order valence-corrected chi connectivity index (χ4v) is 4.21. The van der Waals surface area contributed by atoms with Crippen molar-refractivity contribution < 1.29 is 9.59 Å². The number of thioether (sulfide) groups is 1. The molecule has 0 spiro atoms. The zero-order chi connectivity index (χ0) is 23.0. The lowest BCUT2D eigenvalue weighted by atomic mass is 10.1. The van der Waals surface area contributed by atoms with Crippen molar-refractivity contribution >= 4 is 46.8 Å². The Kier molecular flexibility index (Phi) is 10.2. The predicted molar refractivity (Wildman–Crippen MR) is 131 cm³/mol. The molecule has 0 saturated heterocycles. The number of nitrogens with one attached hydrogen (secondary N) is 1. The molecule has 168 valence electrons. The number of nitrogens with zero attached hydrogens (tertiary/aromatic N) is 1. The number of hydrogen-bond donors (Lipinski definition) is 1. The van der Waals surface area contributed by atoms with Gasteiger partial charge < -0.3 is 10.2 Å². The van der Waals surface area contributed by atoms with Crippen molar-refractivity contribution in [1.82, 2.24) is 10.2 Å². The van der Waals surface area contributed by atoms with E-state index in [0.29, 0.717) is 34.7 Å². The van der Waals surface area contributed by atoms with Crippen LogP contribution in [0.1, 0.15) is 38.3 Å². The van der Waals surface area contributed by atoms with Crippen molar-refractivity contribution in [3.63, 3.8) is 0 Å². The summed E-state index contributed by atoms with van der Waals surface area (Å²) in [6, 6.07) is 12.8. The molecule has 1 N–H and O–H groups in total. The molecule has 0 unspecified atom stereocenters. The van der Waals surface area contributed by atoms with Gasteiger partial charge in [-0.1, -0.05) is 60.8 Å². The molecule has 0 aliphatic heterocycles. The average molecular weight is 481 g/mol. The van der Waals surface area contributed by atoms with Crippen LogP contribution in [0.25, 0.3) is 0 Å². The highest BCUT2D eigenvalue weighted by atomic mass is 35.5. The van der Waals surface area contributed by atoms with Crippen molar-refractivity contribution in [2.75, 3.05) is 12.3 Å². The second-order valence-corrected chi connectivity index (χ2v) is 10.00. The van der Waals surface area contributed by atoms with E-state index in [2.05, 4.69) is 29.6 Å². The molecule has 0 radical (unpaired) electrons. The summed E-state index contributed by atoms with van der Waals surface area (Å²) in [6.45, 7) is 8.68. The molecule has 31 heavy (non-hydrogen) atoms. The van der Waals surface area contributed by atoms with E-state index in [9.17, 15) is 9.59 Å². The maximum absolute atomic E-state index is 13.1. The average Bonchev–Trinajstić information content (AvgIpc) is 2.72. The van der Waals surface area contributed by atoms with Gasteiger partial charge in [0.25, 0.3) is 0 Å². The van der Waals surface area contributed by atoms with Crippen LogP contribution < -0.4 is 5.32 Å². The van der Waals surface area contributed by atoms with Crippen LogP contribution in [0.5, 0.6) is 0 Å². The Labute approximate surface area is 199 Å². The van der Waals surface area contributed by atoms with Gasteiger partial charge in [-0.2, -0.15) is 0 Å². The Morgan fingerprint density at radius 1 is 1.06 bits per heavy atom. The van der Waals surface area contributed by atoms with E-state index in [1.165, 1.54) is 5.56 Å². The normalized spacial score (nSPS) is 12.0. The molecule has 2 amide bonds. The van der Waals surface area contributed by atoms with Gasteiger partial charge in [-0.25, -0.2) is 0 Å². The van der Waals surface area contributed by atoms with Crippen molar-refractivity contribution in [2.45, 2.75) is 51.6 Å². The summed E-state index contributed by atoms with van der Waals surface area (Å²) < 4.78 is 0. The molecule has 2 rings (SSSR count). The molecule has 2 aromatic rings. The van der Waals surface area contributed by atoms with Crippen LogP contribution in [-0.4, -0.2) is 35.1 Å². The SMILES string of the molecule is Cc1ccc(SCCC(=O)N(Cc2ccc(Cl)cc2Cl)[C@H](C)C(=O)NCC(C)C)cc1. The third-order valence-corrected chi connectivity index (χ3v) is 6.41. The van der Waals surface area contributed by atoms with E-state index in [0.717, 1.165) is 10.5 Å². The minimum atomic E-state index is -0.609. The van der Waals surface area contributed by atoms with Crippen molar-refractivity contribution in [3.05, 3.63) is 63.6 Å². The quantitative estimate of drug-likeness (QED) is 0.425. The minimum absolute atomic E-state index is 0.0853. The first-order valence-corrected chi connectivity index (χ1v) is 12.1. The third-order valence-electron chi connectivity index (χ3n) is 4.81. The second-order valence-electron chi connectivity index (χ2n) is 7.98. The lowest BCUT2D eigenvalue weighted by molar-refractivity contribution is -0.140. The Morgan fingerprint density at radius 2 is 1.74 bits per heavy atom. The highest BCUT2D eigenvalue weighted by Gasteiger charge is 2.26. The Balaban J connectivity index is 2.09. The molecule has 0 heterocycles. The van der Waals surface area contributed by atoms with Gasteiger partial charge in [-0.3, -0.25) is 9.59 Å². The van der Waals surface area contributed by atoms with Crippen molar-refractivity contribution in [1.29, 1.82) is 0 Å². The molecule has 0 saturated carbocycles. The Bertz CT molecular complexity index is 888. The summed E-state index contributed by atoms with van der Waals surface area (Å²) in [5.74, 6) is 0.709. The predicted octanol–water partition coefficient (Wildman–Crippen LogP) is 5.97. The molecular weight excluding hydrogens is 451 g/mol. The number of aryl methyl sites for hydroxylation is 1. The summed E-state index contributed by atoms with van der Waals surface area (Å²) in [5, 5.41) is 3.93. The molecule has 0 fully saturated rings. The van der Waals surface area contributed by atoms with E-state index >= 15 is 0 Å². The fourth-order valence-electron chi connectivity index (χ4n) is 2.90. The van der Waals surface area contributed by atoms with Gasteiger partial charge in [0, 0.05) is 40.2 Å². The van der Waals surface area contributed by atoms with Crippen LogP contribution in [0.4, 0.5) is 0 Å². The fraction of sp³-hybridized carbons (Fsp3) is 0.417. The summed E-state index contributed by atoms with van der Waals surface area (Å²) in [7, 11) is 0. The molecular formula is C24H30Cl2N2O2S. The maximum Gasteiger partial charge on any atom is 0.242 e. The number of benzene rings is 2. The zero-order valence-electron chi connectivity index (χ0n) is 18.5. The monoisotopic (exact) mass is 480 g/mol. The molecule has 0 aliphatic carbocycles. The summed E-state index contributed by atoms with van der Waals surface area (Å²) in [6.07, 6.45) is 0.325. The first-order valence-electron chi connectivity index (χ1n) is 10.4. The number of carbonyl (C=O) groups excluding carboxylic acids is 2. The van der Waals surface area contributed by atoms with E-state index in [-0.39, 0.29) is 18.4 Å². The standard InChI is InChI=1S/C24H30Cl2N2O2S/c1-16(2)14-27-24(30)18(4)28(15-19-7-8-20(25)13-22(19)26)23(29)11-12-31-21-9-5-17(3)6-10-21/h5-10,13,16,18H,11-12,14-15H2,1-4H3,(H,27,30)/t18-/m1/s1. The summed E-state index contributed by atoms with van der Waals surface area (Å²) in [5.41, 5.74) is 1.96. The van der Waals surface area contributed by atoms with Gasteiger partial charge >= 0.3 is 0 Å². The van der Waals surface area contributed by atoms with E-state index in [4.69, 9.17) is 23.2 Å². The summed E-state index contributed by atoms with van der Waals surface area (Å²) in [4.78, 5) is 28.5. The molecule has 4 nitrogen and oxygen atoms in total. The maximum atomic E-state index is 13.1. The number of hydrogen-bond acceptors (Lipinski definition) is 3. The number of amides is 2. The van der Waals surface area contributed by atoms with Crippen LogP contribution in [0.2, 0.25) is 10.0 Å². The van der Waals surface area contributed by atoms with Gasteiger partial charge in [-0.15, -0.1) is 11.8 Å². The number of rotatable bonds is 10. The van der Waals surface area contributed by atoms with Crippen molar-refractivity contribution in [3.8, 4) is 0 Å². The van der Waals surface area contributed by atoms with Crippen LogP contribution in [0.3, 0.4) is 0 Å². The Morgan fingerprint density at radius 3 is 2.35 bits per heavy atom. The van der Waals surface area contributed by atoms with Gasteiger partial charge in [0.1, 0.15) is 6.04 Å².